The summed E-state index contributed by atoms with van der Waals surface area (Å²) >= 11 is 5.94. The Kier molecular flexibility index (Phi) is 5.03. The van der Waals surface area contributed by atoms with E-state index in [1.807, 2.05) is 0 Å². The van der Waals surface area contributed by atoms with E-state index in [1.54, 1.807) is 0 Å². The number of hydrogen-bond donors (Lipinski definition) is 4. The molecule has 4 N–H and O–H groups in total. The van der Waals surface area contributed by atoms with E-state index in [2.05, 4.69) is 10.6 Å². The SMILES string of the molecule is O=C(Nc1ccc(C(=O)O)cc1Cl)NC1CCC(O)CC1. The zero-order valence-electron chi connectivity index (χ0n) is 11.3. The lowest BCUT2D eigenvalue weighted by Gasteiger charge is -2.26. The predicted molar refractivity (Wildman–Crippen MR) is 78.8 cm³/mol. The first-order valence-corrected chi connectivity index (χ1v) is 7.12. The number of carboxylic acid groups (broad SMARTS) is 1. The lowest BCUT2D eigenvalue weighted by molar-refractivity contribution is 0.0697. The van der Waals surface area contributed by atoms with E-state index in [9.17, 15) is 14.7 Å². The summed E-state index contributed by atoms with van der Waals surface area (Å²) in [5.74, 6) is -1.08. The Morgan fingerprint density at radius 3 is 2.43 bits per heavy atom. The number of nitrogens with one attached hydrogen (secondary N) is 2. The number of benzene rings is 1. The van der Waals surface area contributed by atoms with Crippen molar-refractivity contribution < 1.29 is 19.8 Å². The van der Waals surface area contributed by atoms with Gasteiger partial charge in [0.05, 0.1) is 22.4 Å². The van der Waals surface area contributed by atoms with Gasteiger partial charge in [-0.2, -0.15) is 0 Å². The number of aromatic carboxylic acids is 1. The van der Waals surface area contributed by atoms with Gasteiger partial charge in [0.2, 0.25) is 0 Å². The van der Waals surface area contributed by atoms with Crippen molar-refractivity contribution in [1.82, 2.24) is 5.32 Å². The summed E-state index contributed by atoms with van der Waals surface area (Å²) in [4.78, 5) is 22.7. The van der Waals surface area contributed by atoms with Crippen molar-refractivity contribution in [3.8, 4) is 0 Å². The van der Waals surface area contributed by atoms with E-state index in [4.69, 9.17) is 16.7 Å². The van der Waals surface area contributed by atoms with Gasteiger partial charge in [-0.05, 0) is 43.9 Å². The summed E-state index contributed by atoms with van der Waals surface area (Å²) < 4.78 is 0. The number of aliphatic hydroxyl groups excluding tert-OH is 1. The van der Waals surface area contributed by atoms with Gasteiger partial charge in [0.25, 0.3) is 0 Å². The molecular formula is C14H17ClN2O4. The van der Waals surface area contributed by atoms with Crippen LogP contribution >= 0.6 is 11.6 Å². The van der Waals surface area contributed by atoms with E-state index in [0.717, 1.165) is 12.8 Å². The van der Waals surface area contributed by atoms with Crippen molar-refractivity contribution in [2.75, 3.05) is 5.32 Å². The van der Waals surface area contributed by atoms with Crippen LogP contribution in [-0.4, -0.2) is 34.4 Å². The van der Waals surface area contributed by atoms with Crippen LogP contribution in [0.15, 0.2) is 18.2 Å². The number of aliphatic hydroxyl groups is 1. The molecule has 0 radical (unpaired) electrons. The molecule has 1 aromatic carbocycles. The minimum atomic E-state index is -1.08. The number of hydrogen-bond acceptors (Lipinski definition) is 3. The third-order valence-electron chi connectivity index (χ3n) is 3.50. The number of urea groups is 1. The number of carbonyl (C=O) groups is 2. The van der Waals surface area contributed by atoms with Crippen LogP contribution in [0.5, 0.6) is 0 Å². The number of amides is 2. The van der Waals surface area contributed by atoms with Crippen LogP contribution in [0.4, 0.5) is 10.5 Å². The summed E-state index contributed by atoms with van der Waals surface area (Å²) in [5, 5.41) is 23.8. The quantitative estimate of drug-likeness (QED) is 0.689. The van der Waals surface area contributed by atoms with Gasteiger partial charge in [0, 0.05) is 6.04 Å². The molecule has 1 saturated carbocycles. The predicted octanol–water partition coefficient (Wildman–Crippen LogP) is 2.46. The highest BCUT2D eigenvalue weighted by molar-refractivity contribution is 6.34. The molecule has 1 aromatic rings. The molecule has 1 fully saturated rings. The van der Waals surface area contributed by atoms with Crippen LogP contribution in [0.25, 0.3) is 0 Å². The molecule has 0 unspecified atom stereocenters. The number of carboxylic acids is 1. The van der Waals surface area contributed by atoms with Gasteiger partial charge in [-0.3, -0.25) is 0 Å². The molecule has 2 rings (SSSR count). The van der Waals surface area contributed by atoms with Crippen molar-refractivity contribution in [3.05, 3.63) is 28.8 Å². The Morgan fingerprint density at radius 2 is 1.86 bits per heavy atom. The number of halogens is 1. The summed E-state index contributed by atoms with van der Waals surface area (Å²) in [6.07, 6.45) is 2.56. The maximum atomic E-state index is 11.9. The fourth-order valence-electron chi connectivity index (χ4n) is 2.31. The largest absolute Gasteiger partial charge is 0.478 e. The van der Waals surface area contributed by atoms with Gasteiger partial charge in [0.1, 0.15) is 0 Å². The molecule has 0 bridgehead atoms. The van der Waals surface area contributed by atoms with Crippen molar-refractivity contribution >= 4 is 29.3 Å². The zero-order valence-corrected chi connectivity index (χ0v) is 12.1. The van der Waals surface area contributed by atoms with Gasteiger partial charge < -0.3 is 20.8 Å². The van der Waals surface area contributed by atoms with Crippen molar-refractivity contribution in [3.63, 3.8) is 0 Å². The highest BCUT2D eigenvalue weighted by Crippen LogP contribution is 2.23. The van der Waals surface area contributed by atoms with E-state index >= 15 is 0 Å². The van der Waals surface area contributed by atoms with Crippen molar-refractivity contribution in [2.45, 2.75) is 37.8 Å². The third-order valence-corrected chi connectivity index (χ3v) is 3.81. The average molecular weight is 313 g/mol. The molecule has 21 heavy (non-hydrogen) atoms. The Balaban J connectivity index is 1.92. The lowest BCUT2D eigenvalue weighted by atomic mass is 9.93. The van der Waals surface area contributed by atoms with E-state index in [-0.39, 0.29) is 28.8 Å². The Hall–Kier alpha value is -1.79. The summed E-state index contributed by atoms with van der Waals surface area (Å²) in [7, 11) is 0. The number of rotatable bonds is 3. The van der Waals surface area contributed by atoms with Crippen LogP contribution in [0.3, 0.4) is 0 Å². The van der Waals surface area contributed by atoms with Gasteiger partial charge in [0.15, 0.2) is 0 Å². The summed E-state index contributed by atoms with van der Waals surface area (Å²) in [6, 6.07) is 3.76. The van der Waals surface area contributed by atoms with Gasteiger partial charge in [-0.25, -0.2) is 9.59 Å². The van der Waals surface area contributed by atoms with Crippen LogP contribution in [-0.2, 0) is 0 Å². The molecule has 7 heteroatoms. The first-order valence-electron chi connectivity index (χ1n) is 6.74. The first-order chi connectivity index (χ1) is 9.95. The van der Waals surface area contributed by atoms with Crippen LogP contribution < -0.4 is 10.6 Å². The molecule has 0 aromatic heterocycles. The minimum Gasteiger partial charge on any atom is -0.478 e. The number of anilines is 1. The second-order valence-corrected chi connectivity index (χ2v) is 5.51. The highest BCUT2D eigenvalue weighted by atomic mass is 35.5. The van der Waals surface area contributed by atoms with Gasteiger partial charge >= 0.3 is 12.0 Å². The molecule has 0 saturated heterocycles. The maximum Gasteiger partial charge on any atom is 0.335 e. The maximum absolute atomic E-state index is 11.9. The average Bonchev–Trinajstić information content (AvgIpc) is 2.43. The fourth-order valence-corrected chi connectivity index (χ4v) is 2.54. The molecule has 0 heterocycles. The van der Waals surface area contributed by atoms with Crippen molar-refractivity contribution in [2.24, 2.45) is 0 Å². The van der Waals surface area contributed by atoms with E-state index < -0.39 is 5.97 Å². The van der Waals surface area contributed by atoms with Crippen LogP contribution in [0, 0.1) is 0 Å². The van der Waals surface area contributed by atoms with Crippen LogP contribution in [0.2, 0.25) is 5.02 Å². The monoisotopic (exact) mass is 312 g/mol. The van der Waals surface area contributed by atoms with E-state index in [0.29, 0.717) is 18.5 Å². The standard InChI is InChI=1S/C14H17ClN2O4/c15-11-7-8(13(19)20)1-6-12(11)17-14(21)16-9-2-4-10(18)5-3-9/h1,6-7,9-10,18H,2-5H2,(H,19,20)(H2,16,17,21). The molecule has 6 nitrogen and oxygen atoms in total. The lowest BCUT2D eigenvalue weighted by Crippen LogP contribution is -2.40. The zero-order chi connectivity index (χ0) is 15.4. The molecule has 1 aliphatic rings. The Morgan fingerprint density at radius 1 is 1.19 bits per heavy atom. The Labute approximate surface area is 127 Å². The molecular weight excluding hydrogens is 296 g/mol. The van der Waals surface area contributed by atoms with Gasteiger partial charge in [-0.15, -0.1) is 0 Å². The van der Waals surface area contributed by atoms with E-state index in [1.165, 1.54) is 18.2 Å². The van der Waals surface area contributed by atoms with Crippen molar-refractivity contribution in [1.29, 1.82) is 0 Å². The highest BCUT2D eigenvalue weighted by Gasteiger charge is 2.21. The second-order valence-electron chi connectivity index (χ2n) is 5.10. The number of carbonyl (C=O) groups excluding carboxylic acids is 1. The topological polar surface area (TPSA) is 98.7 Å². The molecule has 1 aliphatic carbocycles. The summed E-state index contributed by atoms with van der Waals surface area (Å²) in [5.41, 5.74) is 0.419. The minimum absolute atomic E-state index is 0.0328. The summed E-state index contributed by atoms with van der Waals surface area (Å²) in [6.45, 7) is 0. The molecule has 0 spiro atoms. The van der Waals surface area contributed by atoms with Gasteiger partial charge in [-0.1, -0.05) is 11.6 Å². The fraction of sp³-hybridized carbons (Fsp3) is 0.429. The molecule has 0 aliphatic heterocycles. The molecule has 2 amide bonds. The first kappa shape index (κ1) is 15.6. The second kappa shape index (κ2) is 6.78. The normalized spacial score (nSPS) is 21.6. The van der Waals surface area contributed by atoms with Crippen LogP contribution in [0.1, 0.15) is 36.0 Å². The molecule has 114 valence electrons. The molecule has 0 atom stereocenters. The smallest absolute Gasteiger partial charge is 0.335 e. The third kappa shape index (κ3) is 4.34. The Bertz CT molecular complexity index is 542.